The summed E-state index contributed by atoms with van der Waals surface area (Å²) in [5, 5.41) is 0. The Hall–Kier alpha value is -1.58. The number of thioether (sulfide) groups is 1. The average molecular weight is 580 g/mol. The maximum atomic E-state index is 13.1. The lowest BCUT2D eigenvalue weighted by molar-refractivity contribution is -0.124. The van der Waals surface area contributed by atoms with E-state index in [4.69, 9.17) is 21.7 Å². The lowest BCUT2D eigenvalue weighted by Gasteiger charge is -2.29. The van der Waals surface area contributed by atoms with E-state index in [-0.39, 0.29) is 11.9 Å². The highest BCUT2D eigenvalue weighted by Crippen LogP contribution is 2.39. The summed E-state index contributed by atoms with van der Waals surface area (Å²) >= 11 is 9.21. The van der Waals surface area contributed by atoms with Crippen molar-refractivity contribution in [3.63, 3.8) is 0 Å². The van der Waals surface area contributed by atoms with Gasteiger partial charge in [-0.1, -0.05) is 73.1 Å². The minimum atomic E-state index is 0.0283. The molecule has 4 rings (SSSR count). The zero-order valence-electron chi connectivity index (χ0n) is 18.2. The molecule has 168 valence electrons. The van der Waals surface area contributed by atoms with Crippen LogP contribution in [-0.4, -0.2) is 28.3 Å². The van der Waals surface area contributed by atoms with Crippen LogP contribution in [0.4, 0.5) is 0 Å². The molecule has 0 bridgehead atoms. The van der Waals surface area contributed by atoms with Gasteiger partial charge in [0.25, 0.3) is 5.91 Å². The van der Waals surface area contributed by atoms with Gasteiger partial charge in [0.05, 0.1) is 15.6 Å². The minimum absolute atomic E-state index is 0.0283. The number of ether oxygens (including phenoxy) is 2. The molecule has 2 aromatic carbocycles. The third-order valence-electron chi connectivity index (χ3n) is 5.82. The second-order valence-corrected chi connectivity index (χ2v) is 11.0. The van der Waals surface area contributed by atoms with Crippen LogP contribution in [-0.2, 0) is 11.4 Å². The van der Waals surface area contributed by atoms with Crippen LogP contribution in [0.15, 0.2) is 41.3 Å². The molecule has 0 unspecified atom stereocenters. The van der Waals surface area contributed by atoms with Crippen LogP contribution in [0.25, 0.3) is 6.08 Å². The van der Waals surface area contributed by atoms with Gasteiger partial charge in [0.2, 0.25) is 0 Å². The van der Waals surface area contributed by atoms with Gasteiger partial charge in [0, 0.05) is 6.04 Å². The van der Waals surface area contributed by atoms with Crippen LogP contribution < -0.4 is 9.47 Å². The summed E-state index contributed by atoms with van der Waals surface area (Å²) in [5.41, 5.74) is 3.22. The van der Waals surface area contributed by atoms with E-state index in [1.165, 1.54) is 36.6 Å². The average Bonchev–Trinajstić information content (AvgIpc) is 3.07. The van der Waals surface area contributed by atoms with Crippen LogP contribution in [0, 0.1) is 10.5 Å². The van der Waals surface area contributed by atoms with Crippen LogP contribution in [0.1, 0.15) is 48.8 Å². The highest BCUT2D eigenvalue weighted by molar-refractivity contribution is 14.1. The number of hydrogen-bond acceptors (Lipinski definition) is 5. The molecule has 1 aliphatic carbocycles. The van der Waals surface area contributed by atoms with Crippen molar-refractivity contribution in [2.45, 2.75) is 51.7 Å². The van der Waals surface area contributed by atoms with E-state index in [9.17, 15) is 4.79 Å². The van der Waals surface area contributed by atoms with Crippen LogP contribution in [0.3, 0.4) is 0 Å². The smallest absolute Gasteiger partial charge is 0.266 e. The van der Waals surface area contributed by atoms with Gasteiger partial charge < -0.3 is 9.47 Å². The quantitative estimate of drug-likeness (QED) is 0.216. The summed E-state index contributed by atoms with van der Waals surface area (Å²) in [7, 11) is 1.64. The molecule has 1 saturated heterocycles. The molecule has 32 heavy (non-hydrogen) atoms. The SMILES string of the molecule is COc1cc(/C=C2/SC(=S)N(C3CCCCC3)C2=O)cc(I)c1OCc1ccc(C)cc1. The lowest BCUT2D eigenvalue weighted by atomic mass is 9.94. The number of methoxy groups -OCH3 is 1. The van der Waals surface area contributed by atoms with Gasteiger partial charge in [-0.2, -0.15) is 0 Å². The fraction of sp³-hybridized carbons (Fsp3) is 0.360. The van der Waals surface area contributed by atoms with Crippen molar-refractivity contribution in [1.82, 2.24) is 4.90 Å². The summed E-state index contributed by atoms with van der Waals surface area (Å²) in [6.45, 7) is 2.53. The zero-order valence-corrected chi connectivity index (χ0v) is 22.0. The zero-order chi connectivity index (χ0) is 22.7. The van der Waals surface area contributed by atoms with E-state index in [0.29, 0.717) is 27.3 Å². The van der Waals surface area contributed by atoms with Gasteiger partial charge in [0.1, 0.15) is 10.9 Å². The number of carbonyl (C=O) groups excluding carboxylic acids is 1. The number of nitrogens with zero attached hydrogens (tertiary/aromatic N) is 1. The molecule has 4 nitrogen and oxygen atoms in total. The van der Waals surface area contributed by atoms with Crippen molar-refractivity contribution >= 4 is 62.9 Å². The number of aryl methyl sites for hydroxylation is 1. The van der Waals surface area contributed by atoms with E-state index in [2.05, 4.69) is 53.8 Å². The molecule has 2 aromatic rings. The molecule has 1 aliphatic heterocycles. The Balaban J connectivity index is 1.53. The predicted octanol–water partition coefficient (Wildman–Crippen LogP) is 6.72. The first-order valence-electron chi connectivity index (χ1n) is 10.8. The van der Waals surface area contributed by atoms with Crippen molar-refractivity contribution in [3.8, 4) is 11.5 Å². The Bertz CT molecular complexity index is 1050. The van der Waals surface area contributed by atoms with Crippen molar-refractivity contribution < 1.29 is 14.3 Å². The van der Waals surface area contributed by atoms with Gasteiger partial charge >= 0.3 is 0 Å². The van der Waals surface area contributed by atoms with Crippen molar-refractivity contribution in [1.29, 1.82) is 0 Å². The molecule has 0 radical (unpaired) electrons. The molecular weight excluding hydrogens is 553 g/mol. The first-order chi connectivity index (χ1) is 15.5. The molecule has 0 spiro atoms. The highest BCUT2D eigenvalue weighted by Gasteiger charge is 2.37. The van der Waals surface area contributed by atoms with Gasteiger partial charge in [-0.05, 0) is 71.7 Å². The number of carbonyl (C=O) groups is 1. The second-order valence-electron chi connectivity index (χ2n) is 8.15. The lowest BCUT2D eigenvalue weighted by Crippen LogP contribution is -2.39. The van der Waals surface area contributed by atoms with Crippen LogP contribution >= 0.6 is 46.6 Å². The summed E-state index contributed by atoms with van der Waals surface area (Å²) in [6, 6.07) is 12.5. The van der Waals surface area contributed by atoms with Crippen molar-refractivity contribution in [2.24, 2.45) is 0 Å². The van der Waals surface area contributed by atoms with Crippen molar-refractivity contribution in [3.05, 3.63) is 61.6 Å². The molecule has 1 saturated carbocycles. The number of benzene rings is 2. The van der Waals surface area contributed by atoms with E-state index >= 15 is 0 Å². The number of thiocarbonyl (C=S) groups is 1. The molecular formula is C25H26INO3S2. The third kappa shape index (κ3) is 5.31. The van der Waals surface area contributed by atoms with E-state index in [1.807, 2.05) is 23.1 Å². The Kier molecular flexibility index (Phi) is 7.78. The fourth-order valence-corrected chi connectivity index (χ4v) is 6.27. The molecule has 1 heterocycles. The van der Waals surface area contributed by atoms with Gasteiger partial charge in [0.15, 0.2) is 11.5 Å². The summed E-state index contributed by atoms with van der Waals surface area (Å²) in [4.78, 5) is 15.6. The Morgan fingerprint density at radius 1 is 1.19 bits per heavy atom. The maximum absolute atomic E-state index is 13.1. The topological polar surface area (TPSA) is 38.8 Å². The monoisotopic (exact) mass is 579 g/mol. The van der Waals surface area contributed by atoms with E-state index < -0.39 is 0 Å². The fourth-order valence-electron chi connectivity index (χ4n) is 4.09. The van der Waals surface area contributed by atoms with Gasteiger partial charge in [-0.25, -0.2) is 0 Å². The number of amides is 1. The second kappa shape index (κ2) is 10.6. The molecule has 0 aromatic heterocycles. The normalized spacial score (nSPS) is 18.5. The number of rotatable bonds is 6. The Morgan fingerprint density at radius 2 is 1.91 bits per heavy atom. The molecule has 7 heteroatoms. The molecule has 0 N–H and O–H groups in total. The molecule has 1 amide bonds. The molecule has 2 fully saturated rings. The summed E-state index contributed by atoms with van der Waals surface area (Å²) in [6.07, 6.45) is 7.58. The van der Waals surface area contributed by atoms with E-state index in [1.54, 1.807) is 7.11 Å². The third-order valence-corrected chi connectivity index (χ3v) is 7.95. The van der Waals surface area contributed by atoms with Gasteiger partial charge in [-0.3, -0.25) is 9.69 Å². The molecule has 2 aliphatic rings. The largest absolute Gasteiger partial charge is 0.493 e. The highest BCUT2D eigenvalue weighted by atomic mass is 127. The maximum Gasteiger partial charge on any atom is 0.266 e. The Labute approximate surface area is 212 Å². The minimum Gasteiger partial charge on any atom is -0.493 e. The Morgan fingerprint density at radius 3 is 2.59 bits per heavy atom. The molecule has 0 atom stereocenters. The van der Waals surface area contributed by atoms with Crippen LogP contribution in [0.2, 0.25) is 0 Å². The summed E-state index contributed by atoms with van der Waals surface area (Å²) in [5.74, 6) is 1.39. The first-order valence-corrected chi connectivity index (χ1v) is 13.1. The number of halogens is 1. The summed E-state index contributed by atoms with van der Waals surface area (Å²) < 4.78 is 13.3. The van der Waals surface area contributed by atoms with Crippen molar-refractivity contribution in [2.75, 3.05) is 7.11 Å². The first kappa shape index (κ1) is 23.6. The number of hydrogen-bond donors (Lipinski definition) is 0. The van der Waals surface area contributed by atoms with Crippen LogP contribution in [0.5, 0.6) is 11.5 Å². The standard InChI is InChI=1S/C25H26INO3S2/c1-16-8-10-17(11-9-16)15-30-23-20(26)12-18(13-21(23)29-2)14-22-24(28)27(25(31)32-22)19-6-4-3-5-7-19/h8-14,19H,3-7,15H2,1-2H3/b22-14+. The van der Waals surface area contributed by atoms with Gasteiger partial charge in [-0.15, -0.1) is 0 Å². The predicted molar refractivity (Wildman–Crippen MR) is 143 cm³/mol. The van der Waals surface area contributed by atoms with E-state index in [0.717, 1.165) is 27.5 Å².